The number of amides is 6. The van der Waals surface area contributed by atoms with Crippen molar-refractivity contribution >= 4 is 86.6 Å². The Balaban J connectivity index is 0.958. The van der Waals surface area contributed by atoms with Crippen LogP contribution < -0.4 is 37.2 Å². The predicted molar refractivity (Wildman–Crippen MR) is 286 cm³/mol. The van der Waals surface area contributed by atoms with E-state index in [-0.39, 0.29) is 70.4 Å². The molecule has 27 nitrogen and oxygen atoms in total. The zero-order valence-electron chi connectivity index (χ0n) is 46.0. The summed E-state index contributed by atoms with van der Waals surface area (Å²) in [6, 6.07) is 1.10. The molecule has 3 fully saturated rings. The fourth-order valence-electron chi connectivity index (χ4n) is 10.9. The van der Waals surface area contributed by atoms with Gasteiger partial charge in [0.05, 0.1) is 38.0 Å². The predicted octanol–water partition coefficient (Wildman–Crippen LogP) is -3.05. The van der Waals surface area contributed by atoms with Crippen LogP contribution in [0.4, 0.5) is 9.21 Å². The monoisotopic (exact) mass is 1160 g/mol. The smallest absolute Gasteiger partial charge is 0.558 e. The van der Waals surface area contributed by atoms with Gasteiger partial charge in [0.15, 0.2) is 0 Å². The molecule has 1 aromatic rings. The Morgan fingerprint density at radius 1 is 0.840 bits per heavy atom. The van der Waals surface area contributed by atoms with Crippen LogP contribution in [-0.2, 0) is 77.9 Å². The maximum absolute atomic E-state index is 14.1. The van der Waals surface area contributed by atoms with Crippen LogP contribution in [0.25, 0.3) is 0 Å². The third-order valence-corrected chi connectivity index (χ3v) is 16.6. The number of nitrogens with zero attached hydrogens (tertiary/aromatic N) is 5. The van der Waals surface area contributed by atoms with E-state index in [9.17, 15) is 66.5 Å². The number of benzene rings is 1. The average Bonchev–Trinajstić information content (AvgIpc) is 3.57. The van der Waals surface area contributed by atoms with Crippen molar-refractivity contribution in [2.24, 2.45) is 17.6 Å². The topological polar surface area (TPSA) is 358 Å². The molecule has 1 aromatic carbocycles. The van der Waals surface area contributed by atoms with Crippen molar-refractivity contribution in [3.8, 4) is 0 Å². The zero-order valence-corrected chi connectivity index (χ0v) is 47.2. The summed E-state index contributed by atoms with van der Waals surface area (Å²) in [4.78, 5) is 150. The second-order valence-electron chi connectivity index (χ2n) is 21.5. The number of hydrogen-bond acceptors (Lipinski definition) is 19. The maximum atomic E-state index is 14.1. The van der Waals surface area contributed by atoms with Gasteiger partial charge in [-0.25, -0.2) is 0 Å². The van der Waals surface area contributed by atoms with Crippen LogP contribution in [-0.4, -0.2) is 245 Å². The number of carboxylic acids is 2. The Hall–Kier alpha value is -6.19. The van der Waals surface area contributed by atoms with Crippen LogP contribution in [0.2, 0.25) is 0 Å². The lowest BCUT2D eigenvalue weighted by Gasteiger charge is -2.36. The summed E-state index contributed by atoms with van der Waals surface area (Å²) in [7, 11) is 0. The average molecular weight is 1160 g/mol. The molecule has 6 amide bonds. The maximum Gasteiger partial charge on any atom is 1.15 e. The van der Waals surface area contributed by atoms with Gasteiger partial charge in [0, 0.05) is 78.2 Å². The molecule has 3 saturated heterocycles. The number of nitrogens with two attached hydrogens (primary N) is 1. The molecule has 5 heterocycles. The molecule has 2 unspecified atom stereocenters. The standard InChI is InChI=1S/C52H79N11O16.Al.FH/c1-3-33(2)52(32-64,31-55-39-8-7-35-5-4-6-36-25-40(48(53)75)63(47(35)36)51(39)78)58-42(66)30-79-24-15-54-49(76)37(9-11-43(67)68)57-50(77)38(10-12-44(69)70)56-41(65)27-59-16-13-34(14-17-59)26-60-18-20-61(28-45(71)72)22-23-62(21-19-60)29-46(73)74;;/h4-6,32-34,37-40,55H,3,7-31H2,1-2H3,(H2,53,75)(H,54,76)(H,56,65)(H,57,77)(H,58,66)(H,67,68)(H,69,70)(H,71,72)(H,73,74);;1H/q;+3;/p-3/t33-,37+,38+,39-,40-,52-;;/m0../s1. The van der Waals surface area contributed by atoms with Crippen LogP contribution in [0.1, 0.15) is 76.3 Å². The third-order valence-electron chi connectivity index (χ3n) is 15.7. The Labute approximate surface area is 474 Å². The molecule has 446 valence electrons. The van der Waals surface area contributed by atoms with Crippen LogP contribution in [0.15, 0.2) is 18.2 Å². The molecule has 5 aliphatic rings. The number of likely N-dealkylation sites (tertiary alicyclic amines) is 1. The van der Waals surface area contributed by atoms with E-state index in [0.717, 1.165) is 24.0 Å². The molecule has 0 aromatic heterocycles. The molecule has 5 aliphatic heterocycles. The van der Waals surface area contributed by atoms with Gasteiger partial charge in [0.2, 0.25) is 35.4 Å². The number of ether oxygens (including phenoxy) is 1. The molecule has 6 rings (SSSR count). The fourth-order valence-corrected chi connectivity index (χ4v) is 11.5. The Morgan fingerprint density at radius 2 is 1.44 bits per heavy atom. The quantitative estimate of drug-likeness (QED) is 0.0246. The summed E-state index contributed by atoms with van der Waals surface area (Å²) in [6.07, 6.45) is 1.90. The first-order chi connectivity index (χ1) is 38.7. The molecule has 8 atom stereocenters. The van der Waals surface area contributed by atoms with Crippen molar-refractivity contribution in [3.63, 3.8) is 0 Å². The SMILES string of the molecule is CC[C@H](C)[C@@](C=O)(CN[C@H]1CCc2cccc3c2N(C1=O)[C@H](C(N)=O)C3)NC(=O)COCCNC(=O)[C@@H](CCC(=O)O)NC(=O)[C@@H](CCC(=O)O)NC(=O)CN1CCC(CN2CCN3CCN(CC2)CC(=O)[O][Al]([F])[O]C(=O)C3)CC1. The second kappa shape index (κ2) is 30.7. The number of aryl methyl sites for hydroxylation is 1. The van der Waals surface area contributed by atoms with E-state index in [4.69, 9.17) is 18.0 Å². The van der Waals surface area contributed by atoms with Gasteiger partial charge in [0.1, 0.15) is 36.6 Å². The molecule has 81 heavy (non-hydrogen) atoms. The number of para-hydroxylation sites is 1. The summed E-state index contributed by atoms with van der Waals surface area (Å²) in [5.41, 5.74) is 6.66. The molecule has 0 aliphatic carbocycles. The summed E-state index contributed by atoms with van der Waals surface area (Å²) in [6.45, 7) is 7.12. The fraction of sp³-hybridized carbons (Fsp3) is 0.673. The molecule has 9 N–H and O–H groups in total. The van der Waals surface area contributed by atoms with Gasteiger partial charge in [-0.3, -0.25) is 67.5 Å². The van der Waals surface area contributed by atoms with Gasteiger partial charge in [0.25, 0.3) is 11.9 Å². The Morgan fingerprint density at radius 3 is 2.04 bits per heavy atom. The van der Waals surface area contributed by atoms with Gasteiger partial charge in [-0.1, -0.05) is 38.5 Å². The minimum absolute atomic E-state index is 0.117. The number of aliphatic carboxylic acids is 2. The van der Waals surface area contributed by atoms with E-state index in [0.29, 0.717) is 90.1 Å². The lowest BCUT2D eigenvalue weighted by Crippen LogP contribution is -2.63. The van der Waals surface area contributed by atoms with Gasteiger partial charge in [-0.05, 0) is 74.6 Å². The van der Waals surface area contributed by atoms with Crippen LogP contribution in [0.3, 0.4) is 0 Å². The molecular weight excluding hydrogens is 1080 g/mol. The third kappa shape index (κ3) is 18.9. The number of nitrogens with one attached hydrogen (secondary N) is 5. The summed E-state index contributed by atoms with van der Waals surface area (Å²) >= 11 is -3.92. The van der Waals surface area contributed by atoms with Crippen molar-refractivity contribution in [1.29, 1.82) is 0 Å². The normalized spacial score (nSPS) is 23.0. The Bertz CT molecular complexity index is 2420. The number of carbonyl (C=O) groups excluding carboxylic acids is 9. The molecule has 0 radical (unpaired) electrons. The number of halogens is 1. The number of carbonyl (C=O) groups is 11. The molecule has 29 heteroatoms. The lowest BCUT2D eigenvalue weighted by molar-refractivity contribution is -0.143. The minimum atomic E-state index is -3.92. The number of hydrogen-bond donors (Lipinski definition) is 8. The number of fused-ring (bicyclic) bond motifs is 3. The van der Waals surface area contributed by atoms with Crippen molar-refractivity contribution in [2.45, 2.75) is 108 Å². The van der Waals surface area contributed by atoms with Crippen LogP contribution in [0, 0.1) is 11.8 Å². The van der Waals surface area contributed by atoms with Gasteiger partial charge in [-0.2, -0.15) is 0 Å². The number of primary amides is 1. The molecule has 0 spiro atoms. The number of aldehydes is 1. The van der Waals surface area contributed by atoms with E-state index in [1.165, 1.54) is 4.90 Å². The van der Waals surface area contributed by atoms with Gasteiger partial charge >= 0.3 is 27.2 Å². The lowest BCUT2D eigenvalue weighted by atomic mass is 9.84. The second-order valence-corrected chi connectivity index (χ2v) is 22.5. The molecule has 2 bridgehead atoms. The Kier molecular flexibility index (Phi) is 24.3. The van der Waals surface area contributed by atoms with E-state index in [1.54, 1.807) is 6.92 Å². The van der Waals surface area contributed by atoms with E-state index < -0.39 is 124 Å². The van der Waals surface area contributed by atoms with Crippen molar-refractivity contribution in [2.75, 3.05) is 110 Å². The van der Waals surface area contributed by atoms with E-state index in [2.05, 4.69) is 31.5 Å². The number of carboxylic acid groups (broad SMARTS) is 2. The summed E-state index contributed by atoms with van der Waals surface area (Å²) in [5, 5.41) is 32.5. The first-order valence-corrected chi connectivity index (χ1v) is 29.1. The number of anilines is 1. The summed E-state index contributed by atoms with van der Waals surface area (Å²) in [5.74, 6) is -8.25. The highest BCUT2D eigenvalue weighted by molar-refractivity contribution is 6.41. The first-order valence-electron chi connectivity index (χ1n) is 27.7. The minimum Gasteiger partial charge on any atom is -0.558 e. The summed E-state index contributed by atoms with van der Waals surface area (Å²) < 4.78 is 29.1. The van der Waals surface area contributed by atoms with Gasteiger partial charge < -0.3 is 68.1 Å². The van der Waals surface area contributed by atoms with Crippen LogP contribution in [0.5, 0.6) is 0 Å². The highest BCUT2D eigenvalue weighted by Gasteiger charge is 2.46. The van der Waals surface area contributed by atoms with Crippen molar-refractivity contribution in [1.82, 2.24) is 46.2 Å². The first kappa shape index (κ1) is 64.0. The largest absolute Gasteiger partial charge is 1.15 e. The van der Waals surface area contributed by atoms with Crippen molar-refractivity contribution < 1.29 is 78.8 Å². The van der Waals surface area contributed by atoms with E-state index in [1.807, 2.05) is 39.8 Å². The highest BCUT2D eigenvalue weighted by atomic mass is 27.3. The molecule has 0 saturated carbocycles. The van der Waals surface area contributed by atoms with Crippen molar-refractivity contribution in [3.05, 3.63) is 29.3 Å². The highest BCUT2D eigenvalue weighted by Crippen LogP contribution is 2.39. The van der Waals surface area contributed by atoms with E-state index >= 15 is 0 Å². The zero-order chi connectivity index (χ0) is 58.8. The molecular formula is C52H77AlFN11O16. The van der Waals surface area contributed by atoms with Gasteiger partial charge in [-0.15, -0.1) is 0 Å². The number of piperidine rings is 1. The number of rotatable bonds is 27. The van der Waals surface area contributed by atoms with Crippen LogP contribution >= 0.6 is 0 Å².